The summed E-state index contributed by atoms with van der Waals surface area (Å²) in [5.74, 6) is -0.437. The third-order valence-electron chi connectivity index (χ3n) is 2.21. The van der Waals surface area contributed by atoms with Gasteiger partial charge in [-0.2, -0.15) is 0 Å². The van der Waals surface area contributed by atoms with Gasteiger partial charge >= 0.3 is 5.97 Å². The van der Waals surface area contributed by atoms with Crippen LogP contribution < -0.4 is 0 Å². The molecular weight excluding hydrogens is 180 g/mol. The fourth-order valence-electron chi connectivity index (χ4n) is 1.59. The van der Waals surface area contributed by atoms with Gasteiger partial charge in [0.2, 0.25) is 0 Å². The highest BCUT2D eigenvalue weighted by Crippen LogP contribution is 2.21. The van der Waals surface area contributed by atoms with Crippen molar-refractivity contribution in [1.82, 2.24) is 0 Å². The summed E-state index contributed by atoms with van der Waals surface area (Å²) in [4.78, 5) is 22.3. The molecule has 0 aromatic rings. The summed E-state index contributed by atoms with van der Waals surface area (Å²) in [5.41, 5.74) is 1.18. The molecule has 0 aromatic heterocycles. The molecule has 0 spiro atoms. The van der Waals surface area contributed by atoms with Crippen LogP contribution in [-0.4, -0.2) is 18.4 Å². The van der Waals surface area contributed by atoms with Crippen LogP contribution in [0.1, 0.15) is 39.0 Å². The highest BCUT2D eigenvalue weighted by Gasteiger charge is 2.13. The molecule has 78 valence electrons. The Hall–Kier alpha value is -1.12. The largest absolute Gasteiger partial charge is 0.466 e. The molecule has 0 radical (unpaired) electrons. The monoisotopic (exact) mass is 196 g/mol. The lowest BCUT2D eigenvalue weighted by Gasteiger charge is -2.01. The number of allylic oxidation sites excluding steroid dienone is 2. The van der Waals surface area contributed by atoms with Crippen LogP contribution in [0.4, 0.5) is 0 Å². The number of ether oxygens (including phenoxy) is 1. The fourth-order valence-corrected chi connectivity index (χ4v) is 1.59. The zero-order valence-electron chi connectivity index (χ0n) is 8.54. The summed E-state index contributed by atoms with van der Waals surface area (Å²) in [5, 5.41) is 0. The molecule has 1 rings (SSSR count). The first-order valence-corrected chi connectivity index (χ1v) is 5.07. The van der Waals surface area contributed by atoms with Gasteiger partial charge in [0.25, 0.3) is 0 Å². The normalized spacial score (nSPS) is 15.1. The van der Waals surface area contributed by atoms with Gasteiger partial charge in [0.05, 0.1) is 6.61 Å². The molecule has 0 aromatic carbocycles. The lowest BCUT2D eigenvalue weighted by atomic mass is 10.1. The van der Waals surface area contributed by atoms with E-state index in [1.54, 1.807) is 6.92 Å². The third-order valence-corrected chi connectivity index (χ3v) is 2.21. The quantitative estimate of drug-likeness (QED) is 0.384. The minimum atomic E-state index is -0.406. The van der Waals surface area contributed by atoms with Crippen LogP contribution in [0.2, 0.25) is 0 Å². The van der Waals surface area contributed by atoms with Crippen LogP contribution in [0.25, 0.3) is 0 Å². The molecule has 3 heteroatoms. The van der Waals surface area contributed by atoms with Gasteiger partial charge in [0.1, 0.15) is 12.2 Å². The van der Waals surface area contributed by atoms with E-state index in [9.17, 15) is 9.59 Å². The first kappa shape index (κ1) is 11.0. The second kappa shape index (κ2) is 5.58. The average Bonchev–Trinajstić information content (AvgIpc) is 2.56. The van der Waals surface area contributed by atoms with E-state index < -0.39 is 5.97 Å². The molecule has 0 aliphatic heterocycles. The van der Waals surface area contributed by atoms with Gasteiger partial charge in [-0.25, -0.2) is 0 Å². The summed E-state index contributed by atoms with van der Waals surface area (Å²) in [6.45, 7) is 2.08. The SMILES string of the molecule is CCOC(=O)CC(=O)CC1=CCCC1. The minimum absolute atomic E-state index is 0.0309. The smallest absolute Gasteiger partial charge is 0.313 e. The number of hydrogen-bond donors (Lipinski definition) is 0. The fraction of sp³-hybridized carbons (Fsp3) is 0.636. The Morgan fingerprint density at radius 2 is 2.29 bits per heavy atom. The summed E-state index contributed by atoms with van der Waals surface area (Å²) < 4.78 is 4.70. The van der Waals surface area contributed by atoms with Gasteiger partial charge < -0.3 is 4.74 Å². The number of ketones is 1. The van der Waals surface area contributed by atoms with Gasteiger partial charge in [-0.05, 0) is 26.2 Å². The maximum absolute atomic E-state index is 11.3. The van der Waals surface area contributed by atoms with E-state index in [1.807, 2.05) is 0 Å². The van der Waals surface area contributed by atoms with Crippen molar-refractivity contribution in [1.29, 1.82) is 0 Å². The molecule has 0 atom stereocenters. The Labute approximate surface area is 84.1 Å². The molecular formula is C11H16O3. The molecule has 0 saturated carbocycles. The summed E-state index contributed by atoms with van der Waals surface area (Å²) in [6.07, 6.45) is 5.67. The highest BCUT2D eigenvalue weighted by atomic mass is 16.5. The predicted octanol–water partition coefficient (Wildman–Crippen LogP) is 2.01. The van der Waals surface area contributed by atoms with Crippen molar-refractivity contribution >= 4 is 11.8 Å². The van der Waals surface area contributed by atoms with Crippen LogP contribution in [-0.2, 0) is 14.3 Å². The molecule has 14 heavy (non-hydrogen) atoms. The molecule has 0 saturated heterocycles. The lowest BCUT2D eigenvalue weighted by Crippen LogP contribution is -2.11. The Kier molecular flexibility index (Phi) is 4.36. The van der Waals surface area contributed by atoms with Gasteiger partial charge in [0.15, 0.2) is 0 Å². The Morgan fingerprint density at radius 3 is 2.86 bits per heavy atom. The van der Waals surface area contributed by atoms with Crippen molar-refractivity contribution in [3.05, 3.63) is 11.6 Å². The second-order valence-corrected chi connectivity index (χ2v) is 3.45. The van der Waals surface area contributed by atoms with E-state index in [0.717, 1.165) is 19.3 Å². The second-order valence-electron chi connectivity index (χ2n) is 3.45. The zero-order chi connectivity index (χ0) is 10.4. The van der Waals surface area contributed by atoms with Crippen LogP contribution in [0.3, 0.4) is 0 Å². The first-order valence-electron chi connectivity index (χ1n) is 5.07. The summed E-state index contributed by atoms with van der Waals surface area (Å²) in [7, 11) is 0. The Morgan fingerprint density at radius 1 is 1.50 bits per heavy atom. The molecule has 0 fully saturated rings. The van der Waals surface area contributed by atoms with Gasteiger partial charge in [0, 0.05) is 6.42 Å². The van der Waals surface area contributed by atoms with E-state index in [0.29, 0.717) is 13.0 Å². The number of esters is 1. The Balaban J connectivity index is 2.24. The van der Waals surface area contributed by atoms with Crippen molar-refractivity contribution < 1.29 is 14.3 Å². The van der Waals surface area contributed by atoms with E-state index >= 15 is 0 Å². The predicted molar refractivity (Wildman–Crippen MR) is 52.8 cm³/mol. The van der Waals surface area contributed by atoms with Gasteiger partial charge in [-0.15, -0.1) is 0 Å². The standard InChI is InChI=1S/C11H16O3/c1-2-14-11(13)8-10(12)7-9-5-3-4-6-9/h5H,2-4,6-8H2,1H3. The van der Waals surface area contributed by atoms with Crippen LogP contribution >= 0.6 is 0 Å². The highest BCUT2D eigenvalue weighted by molar-refractivity contribution is 5.96. The molecule has 0 unspecified atom stereocenters. The zero-order valence-corrected chi connectivity index (χ0v) is 8.54. The number of hydrogen-bond acceptors (Lipinski definition) is 3. The topological polar surface area (TPSA) is 43.4 Å². The van der Waals surface area contributed by atoms with Crippen molar-refractivity contribution in [2.75, 3.05) is 6.61 Å². The van der Waals surface area contributed by atoms with E-state index in [2.05, 4.69) is 6.08 Å². The third kappa shape index (κ3) is 3.73. The van der Waals surface area contributed by atoms with Crippen molar-refractivity contribution in [2.24, 2.45) is 0 Å². The first-order chi connectivity index (χ1) is 6.72. The summed E-state index contributed by atoms with van der Waals surface area (Å²) >= 11 is 0. The van der Waals surface area contributed by atoms with Gasteiger partial charge in [-0.3, -0.25) is 9.59 Å². The molecule has 3 nitrogen and oxygen atoms in total. The molecule has 1 aliphatic carbocycles. The maximum Gasteiger partial charge on any atom is 0.313 e. The maximum atomic E-state index is 11.3. The van der Waals surface area contributed by atoms with Crippen molar-refractivity contribution in [3.8, 4) is 0 Å². The van der Waals surface area contributed by atoms with Crippen LogP contribution in [0.5, 0.6) is 0 Å². The molecule has 0 bridgehead atoms. The van der Waals surface area contributed by atoms with Crippen LogP contribution in [0.15, 0.2) is 11.6 Å². The number of carbonyl (C=O) groups is 2. The number of rotatable bonds is 5. The molecule has 1 aliphatic rings. The van der Waals surface area contributed by atoms with E-state index in [1.165, 1.54) is 5.57 Å². The average molecular weight is 196 g/mol. The Bertz CT molecular complexity index is 253. The van der Waals surface area contributed by atoms with E-state index in [4.69, 9.17) is 4.74 Å². The van der Waals surface area contributed by atoms with E-state index in [-0.39, 0.29) is 12.2 Å². The van der Waals surface area contributed by atoms with Crippen molar-refractivity contribution in [3.63, 3.8) is 0 Å². The number of carbonyl (C=O) groups excluding carboxylic acids is 2. The minimum Gasteiger partial charge on any atom is -0.466 e. The molecule has 0 heterocycles. The lowest BCUT2D eigenvalue weighted by molar-refractivity contribution is -0.145. The summed E-state index contributed by atoms with van der Waals surface area (Å²) in [6, 6.07) is 0. The number of Topliss-reactive ketones (excluding diaryl/α,β-unsaturated/α-hetero) is 1. The van der Waals surface area contributed by atoms with Crippen LogP contribution in [0, 0.1) is 0 Å². The van der Waals surface area contributed by atoms with Crippen molar-refractivity contribution in [2.45, 2.75) is 39.0 Å². The molecule has 0 amide bonds. The van der Waals surface area contributed by atoms with Gasteiger partial charge in [-0.1, -0.05) is 11.6 Å². The molecule has 0 N–H and O–H groups in total.